The van der Waals surface area contributed by atoms with E-state index in [4.69, 9.17) is 21.4 Å². The minimum absolute atomic E-state index is 0.207. The minimum atomic E-state index is -2.61. The highest BCUT2D eigenvalue weighted by atomic mass is 35.5. The number of likely N-dealkylation sites (N-methyl/N-ethyl adjacent to an activating group) is 2. The highest BCUT2D eigenvalue weighted by Gasteiger charge is 2.50. The predicted molar refractivity (Wildman–Crippen MR) is 162 cm³/mol. The molecule has 8 heteroatoms. The molecule has 6 nitrogen and oxygen atoms in total. The maximum absolute atomic E-state index is 6.49. The molecule has 0 amide bonds. The summed E-state index contributed by atoms with van der Waals surface area (Å²) in [5.41, 5.74) is 5.56. The Kier molecular flexibility index (Phi) is 6.48. The van der Waals surface area contributed by atoms with Crippen molar-refractivity contribution in [1.82, 2.24) is 9.57 Å². The third-order valence-electron chi connectivity index (χ3n) is 7.91. The lowest BCUT2D eigenvalue weighted by molar-refractivity contribution is 0.227. The number of halogens is 1. The zero-order valence-electron chi connectivity index (χ0n) is 22.4. The van der Waals surface area contributed by atoms with E-state index < -0.39 is 7.36 Å². The quantitative estimate of drug-likeness (QED) is 0.322. The van der Waals surface area contributed by atoms with Gasteiger partial charge in [0.15, 0.2) is 7.36 Å². The van der Waals surface area contributed by atoms with Gasteiger partial charge in [-0.1, -0.05) is 67.9 Å². The number of hydrogen-bond acceptors (Lipinski definition) is 4. The second-order valence-electron chi connectivity index (χ2n) is 10.7. The van der Waals surface area contributed by atoms with E-state index in [-0.39, 0.29) is 5.41 Å². The van der Waals surface area contributed by atoms with Crippen LogP contribution in [0.5, 0.6) is 0 Å². The summed E-state index contributed by atoms with van der Waals surface area (Å²) in [5.74, 6) is 0. The van der Waals surface area contributed by atoms with Crippen LogP contribution < -0.4 is 9.68 Å². The van der Waals surface area contributed by atoms with E-state index in [9.17, 15) is 0 Å². The molecule has 0 aromatic heterocycles. The van der Waals surface area contributed by atoms with Gasteiger partial charge in [-0.05, 0) is 49.0 Å². The SMILES string of the molecule is CN1CCN(P2(=Nc3cccc(Cl)c3)C(=C3N(C)c4ccccc4C3(C)C)C=NN2c2ccccc2)CC1. The molecule has 1 atom stereocenters. The largest absolute Gasteiger partial charge is 0.346 e. The number of rotatable bonds is 3. The molecule has 1 unspecified atom stereocenters. The Bertz CT molecular complexity index is 1470. The number of nitrogens with zero attached hydrogens (tertiary/aromatic N) is 6. The van der Waals surface area contributed by atoms with Gasteiger partial charge in [0.05, 0.1) is 22.9 Å². The number of allylic oxidation sites excluding steroid dienone is 2. The molecule has 3 aliphatic rings. The van der Waals surface area contributed by atoms with Crippen molar-refractivity contribution in [3.8, 4) is 0 Å². The molecule has 3 heterocycles. The molecular formula is C30H34ClN6P. The Morgan fingerprint density at radius 2 is 1.58 bits per heavy atom. The monoisotopic (exact) mass is 544 g/mol. The van der Waals surface area contributed by atoms with E-state index in [1.165, 1.54) is 22.3 Å². The Hall–Kier alpha value is -2.89. The van der Waals surface area contributed by atoms with E-state index in [1.807, 2.05) is 18.2 Å². The van der Waals surface area contributed by atoms with E-state index in [0.29, 0.717) is 5.02 Å². The van der Waals surface area contributed by atoms with Gasteiger partial charge in [-0.2, -0.15) is 5.10 Å². The Balaban J connectivity index is 1.68. The number of anilines is 2. The lowest BCUT2D eigenvalue weighted by atomic mass is 9.84. The third kappa shape index (κ3) is 4.02. The highest BCUT2D eigenvalue weighted by molar-refractivity contribution is 7.71. The van der Waals surface area contributed by atoms with Crippen LogP contribution in [0.3, 0.4) is 0 Å². The Labute approximate surface area is 231 Å². The first-order chi connectivity index (χ1) is 18.3. The molecular weight excluding hydrogens is 511 g/mol. The van der Waals surface area contributed by atoms with Gasteiger partial charge in [0.2, 0.25) is 0 Å². The summed E-state index contributed by atoms with van der Waals surface area (Å²) in [4.78, 5) is 4.76. The zero-order valence-corrected chi connectivity index (χ0v) is 24.1. The van der Waals surface area contributed by atoms with Crippen molar-refractivity contribution in [3.63, 3.8) is 0 Å². The molecule has 0 N–H and O–H groups in total. The maximum atomic E-state index is 6.49. The predicted octanol–water partition coefficient (Wildman–Crippen LogP) is 7.40. The second kappa shape index (κ2) is 9.69. The molecule has 38 heavy (non-hydrogen) atoms. The van der Waals surface area contributed by atoms with E-state index in [2.05, 4.69) is 114 Å². The first-order valence-corrected chi connectivity index (χ1v) is 15.1. The van der Waals surface area contributed by atoms with Crippen molar-refractivity contribution in [3.05, 3.63) is 100 Å². The lowest BCUT2D eigenvalue weighted by Crippen LogP contribution is -2.44. The highest BCUT2D eigenvalue weighted by Crippen LogP contribution is 2.70. The van der Waals surface area contributed by atoms with Crippen LogP contribution in [0, 0.1) is 0 Å². The average molecular weight is 545 g/mol. The molecule has 6 rings (SSSR count). The van der Waals surface area contributed by atoms with Gasteiger partial charge in [-0.3, -0.25) is 0 Å². The molecule has 0 spiro atoms. The summed E-state index contributed by atoms with van der Waals surface area (Å²) in [7, 11) is 1.78. The topological polar surface area (TPSA) is 37.7 Å². The van der Waals surface area contributed by atoms with Crippen LogP contribution in [-0.4, -0.2) is 56.1 Å². The first-order valence-electron chi connectivity index (χ1n) is 13.1. The number of para-hydroxylation sites is 2. The smallest absolute Gasteiger partial charge is 0.179 e. The van der Waals surface area contributed by atoms with Gasteiger partial charge in [-0.15, -0.1) is 0 Å². The van der Waals surface area contributed by atoms with Gasteiger partial charge < -0.3 is 9.80 Å². The molecule has 0 bridgehead atoms. The van der Waals surface area contributed by atoms with Crippen LogP contribution >= 0.6 is 19.0 Å². The summed E-state index contributed by atoms with van der Waals surface area (Å²) in [6, 6.07) is 27.2. The van der Waals surface area contributed by atoms with Crippen molar-refractivity contribution in [2.75, 3.05) is 50.0 Å². The molecule has 196 valence electrons. The molecule has 0 radical (unpaired) electrons. The number of benzene rings is 3. The molecule has 3 aliphatic heterocycles. The first kappa shape index (κ1) is 25.4. The minimum Gasteiger partial charge on any atom is -0.346 e. The summed E-state index contributed by atoms with van der Waals surface area (Å²) in [6.45, 7) is 8.45. The standard InChI is InChI=1S/C30H34ClN6P/c1-30(2)26-15-8-9-16-27(26)35(4)29(30)28-22-32-37(25-13-6-5-7-14-25)38(28,36-19-17-34(3)18-20-36)33-24-12-10-11-23(31)21-24/h5-16,21-22H,17-20H2,1-4H3. The molecule has 3 aromatic rings. The number of piperazine rings is 1. The Morgan fingerprint density at radius 1 is 0.868 bits per heavy atom. The van der Waals surface area contributed by atoms with Crippen molar-refractivity contribution in [2.24, 2.45) is 9.85 Å². The van der Waals surface area contributed by atoms with E-state index >= 15 is 0 Å². The van der Waals surface area contributed by atoms with Crippen LogP contribution in [0.2, 0.25) is 5.02 Å². The fraction of sp³-hybridized carbons (Fsp3) is 0.300. The molecule has 1 saturated heterocycles. The van der Waals surface area contributed by atoms with E-state index in [1.54, 1.807) is 0 Å². The second-order valence-corrected chi connectivity index (χ2v) is 13.9. The van der Waals surface area contributed by atoms with Crippen molar-refractivity contribution < 1.29 is 0 Å². The van der Waals surface area contributed by atoms with Gasteiger partial charge in [0.25, 0.3) is 0 Å². The summed E-state index contributed by atoms with van der Waals surface area (Å²) in [6.07, 6.45) is 2.09. The number of hydrazone groups is 1. The van der Waals surface area contributed by atoms with Crippen LogP contribution in [0.1, 0.15) is 19.4 Å². The van der Waals surface area contributed by atoms with Crippen LogP contribution in [-0.2, 0) is 5.41 Å². The van der Waals surface area contributed by atoms with Gasteiger partial charge in [-0.25, -0.2) is 14.2 Å². The van der Waals surface area contributed by atoms with Crippen LogP contribution in [0.15, 0.2) is 99.7 Å². The van der Waals surface area contributed by atoms with Gasteiger partial charge in [0, 0.05) is 55.0 Å². The summed E-state index contributed by atoms with van der Waals surface area (Å²) < 4.78 is 10.5. The fourth-order valence-electron chi connectivity index (χ4n) is 6.01. The summed E-state index contributed by atoms with van der Waals surface area (Å²) >= 11 is 6.49. The molecule has 3 aromatic carbocycles. The molecule has 0 aliphatic carbocycles. The van der Waals surface area contributed by atoms with Crippen LogP contribution in [0.4, 0.5) is 17.1 Å². The zero-order chi connectivity index (χ0) is 26.5. The molecule has 0 saturated carbocycles. The third-order valence-corrected chi connectivity index (χ3v) is 11.7. The number of fused-ring (bicyclic) bond motifs is 1. The Morgan fingerprint density at radius 3 is 2.29 bits per heavy atom. The lowest BCUT2D eigenvalue weighted by Gasteiger charge is -2.44. The summed E-state index contributed by atoms with van der Waals surface area (Å²) in [5, 5.41) is 7.04. The average Bonchev–Trinajstić information content (AvgIpc) is 3.37. The van der Waals surface area contributed by atoms with Crippen molar-refractivity contribution in [1.29, 1.82) is 0 Å². The van der Waals surface area contributed by atoms with Gasteiger partial charge in [0.1, 0.15) is 0 Å². The maximum Gasteiger partial charge on any atom is 0.179 e. The molecule has 1 fully saturated rings. The fourth-order valence-corrected chi connectivity index (χ4v) is 10.0. The number of hydrogen-bond donors (Lipinski definition) is 0. The van der Waals surface area contributed by atoms with Crippen molar-refractivity contribution >= 4 is 42.2 Å². The van der Waals surface area contributed by atoms with Gasteiger partial charge >= 0.3 is 0 Å². The van der Waals surface area contributed by atoms with E-state index in [0.717, 1.165) is 37.6 Å². The van der Waals surface area contributed by atoms with Crippen LogP contribution in [0.25, 0.3) is 0 Å². The normalized spacial score (nSPS) is 25.2. The van der Waals surface area contributed by atoms with Crippen molar-refractivity contribution in [2.45, 2.75) is 19.3 Å².